The van der Waals surface area contributed by atoms with Crippen molar-refractivity contribution in [3.05, 3.63) is 94.4 Å². The summed E-state index contributed by atoms with van der Waals surface area (Å²) in [4.78, 5) is 12.2. The van der Waals surface area contributed by atoms with Crippen molar-refractivity contribution in [3.8, 4) is 0 Å². The number of Topliss-reactive ketones (excluding diaryl/α,β-unsaturated/α-hetero) is 1. The van der Waals surface area contributed by atoms with E-state index in [9.17, 15) is 26.7 Å². The first-order valence-corrected chi connectivity index (χ1v) is 12.1. The van der Waals surface area contributed by atoms with Crippen molar-refractivity contribution in [2.75, 3.05) is 0 Å². The van der Waals surface area contributed by atoms with Crippen LogP contribution < -0.4 is 0 Å². The van der Waals surface area contributed by atoms with Crippen LogP contribution in [-0.2, 0) is 19.7 Å². The van der Waals surface area contributed by atoms with E-state index in [2.05, 4.69) is 0 Å². The lowest BCUT2D eigenvalue weighted by molar-refractivity contribution is 0.104. The highest BCUT2D eigenvalue weighted by Crippen LogP contribution is 2.39. The van der Waals surface area contributed by atoms with Gasteiger partial charge in [-0.05, 0) is 31.2 Å². The number of allylic oxidation sites excluding steroid dienone is 5. The summed E-state index contributed by atoms with van der Waals surface area (Å²) in [5.41, 5.74) is 1.03. The van der Waals surface area contributed by atoms with Gasteiger partial charge in [0.05, 0.1) is 9.79 Å². The maximum atomic E-state index is 12.7. The van der Waals surface area contributed by atoms with Gasteiger partial charge in [0, 0.05) is 11.1 Å². The van der Waals surface area contributed by atoms with E-state index >= 15 is 0 Å². The Balaban J connectivity index is 1.62. The van der Waals surface area contributed by atoms with Crippen LogP contribution in [0.15, 0.2) is 93.1 Å². The van der Waals surface area contributed by atoms with Crippen molar-refractivity contribution < 1.29 is 26.7 Å². The maximum Gasteiger partial charge on any atom is 0.211 e. The van der Waals surface area contributed by atoms with E-state index < -0.39 is 36.8 Å². The molecule has 0 aliphatic carbocycles. The van der Waals surface area contributed by atoms with Crippen molar-refractivity contribution in [1.29, 1.82) is 0 Å². The number of carbonyl (C=O) groups excluding carboxylic acids is 1. The summed E-state index contributed by atoms with van der Waals surface area (Å²) in [5, 5.41) is 9.28. The Labute approximate surface area is 174 Å². The van der Waals surface area contributed by atoms with Crippen molar-refractivity contribution in [2.24, 2.45) is 0 Å². The summed E-state index contributed by atoms with van der Waals surface area (Å²) in [7, 11) is -7.59. The summed E-state index contributed by atoms with van der Waals surface area (Å²) in [6.45, 7) is 1.65. The molecule has 4 rings (SSSR count). The molecule has 2 aliphatic rings. The molecule has 0 fully saturated rings. The maximum absolute atomic E-state index is 12.7. The molecular weight excluding hydrogens is 424 g/mol. The third-order valence-corrected chi connectivity index (χ3v) is 9.15. The van der Waals surface area contributed by atoms with Gasteiger partial charge < -0.3 is 5.11 Å². The molecule has 8 heteroatoms. The van der Waals surface area contributed by atoms with E-state index in [4.69, 9.17) is 0 Å². The molecule has 2 atom stereocenters. The summed E-state index contributed by atoms with van der Waals surface area (Å²) in [6.07, 6.45) is 4.36. The highest BCUT2D eigenvalue weighted by molar-refractivity contribution is 7.97. The first kappa shape index (κ1) is 20.5. The SMILES string of the molecule is CC(/C=C/C1C(O)c2ccccc2S1(=O)=O)=C\C=C1\C(=O)c2ccccc2S1(=O)=O. The topological polar surface area (TPSA) is 106 Å². The van der Waals surface area contributed by atoms with Gasteiger partial charge >= 0.3 is 0 Å². The van der Waals surface area contributed by atoms with Crippen molar-refractivity contribution in [1.82, 2.24) is 0 Å². The Morgan fingerprint density at radius 1 is 0.967 bits per heavy atom. The molecule has 1 N–H and O–H groups in total. The van der Waals surface area contributed by atoms with Crippen LogP contribution in [0.2, 0.25) is 0 Å². The molecule has 0 saturated heterocycles. The second kappa shape index (κ2) is 7.16. The average Bonchev–Trinajstić information content (AvgIpc) is 3.04. The van der Waals surface area contributed by atoms with Gasteiger partial charge in [0.15, 0.2) is 9.84 Å². The summed E-state index contributed by atoms with van der Waals surface area (Å²) in [6, 6.07) is 12.3. The van der Waals surface area contributed by atoms with E-state index in [0.29, 0.717) is 11.1 Å². The molecule has 30 heavy (non-hydrogen) atoms. The van der Waals surface area contributed by atoms with Crippen LogP contribution in [0.1, 0.15) is 28.9 Å². The minimum atomic E-state index is -3.88. The fraction of sp³-hybridized carbons (Fsp3) is 0.136. The molecule has 154 valence electrons. The zero-order valence-electron chi connectivity index (χ0n) is 15.9. The number of aliphatic hydroxyl groups is 1. The van der Waals surface area contributed by atoms with Gasteiger partial charge in [-0.3, -0.25) is 4.79 Å². The molecule has 0 amide bonds. The number of hydrogen-bond acceptors (Lipinski definition) is 6. The molecule has 2 aromatic rings. The number of aliphatic hydroxyl groups excluding tert-OH is 1. The molecule has 0 radical (unpaired) electrons. The number of carbonyl (C=O) groups is 1. The van der Waals surface area contributed by atoms with Crippen molar-refractivity contribution in [2.45, 2.75) is 28.1 Å². The predicted molar refractivity (Wildman–Crippen MR) is 111 cm³/mol. The molecule has 0 saturated carbocycles. The second-order valence-electron chi connectivity index (χ2n) is 7.12. The smallest absolute Gasteiger partial charge is 0.211 e. The quantitative estimate of drug-likeness (QED) is 0.579. The lowest BCUT2D eigenvalue weighted by atomic mass is 10.1. The van der Waals surface area contributed by atoms with Gasteiger partial charge in [-0.25, -0.2) is 16.8 Å². The molecule has 2 aromatic carbocycles. The number of hydrogen-bond donors (Lipinski definition) is 1. The zero-order chi connectivity index (χ0) is 21.7. The molecule has 0 aromatic heterocycles. The molecule has 2 aliphatic heterocycles. The number of fused-ring (bicyclic) bond motifs is 2. The summed E-state index contributed by atoms with van der Waals surface area (Å²) >= 11 is 0. The minimum absolute atomic E-state index is 0.0132. The van der Waals surface area contributed by atoms with Gasteiger partial charge in [0.2, 0.25) is 15.6 Å². The van der Waals surface area contributed by atoms with E-state index in [1.165, 1.54) is 42.5 Å². The van der Waals surface area contributed by atoms with Crippen LogP contribution in [0.5, 0.6) is 0 Å². The summed E-state index contributed by atoms with van der Waals surface area (Å²) in [5.74, 6) is -0.567. The molecule has 0 spiro atoms. The fourth-order valence-electron chi connectivity index (χ4n) is 3.62. The third-order valence-electron chi connectivity index (χ3n) is 5.19. The molecule has 2 unspecified atom stereocenters. The highest BCUT2D eigenvalue weighted by atomic mass is 32.2. The number of benzene rings is 2. The van der Waals surface area contributed by atoms with Gasteiger partial charge in [-0.1, -0.05) is 54.1 Å². The normalized spacial score (nSPS) is 25.6. The van der Waals surface area contributed by atoms with E-state index in [0.717, 1.165) is 0 Å². The van der Waals surface area contributed by atoms with Crippen LogP contribution >= 0.6 is 0 Å². The Hall–Kier alpha value is -2.81. The minimum Gasteiger partial charge on any atom is -0.387 e. The van der Waals surface area contributed by atoms with Gasteiger partial charge in [-0.15, -0.1) is 0 Å². The van der Waals surface area contributed by atoms with Gasteiger partial charge in [-0.2, -0.15) is 0 Å². The lowest BCUT2D eigenvalue weighted by Gasteiger charge is -2.09. The Kier molecular flexibility index (Phi) is 4.88. The van der Waals surface area contributed by atoms with Crippen molar-refractivity contribution >= 4 is 25.5 Å². The van der Waals surface area contributed by atoms with Crippen LogP contribution in [0.25, 0.3) is 0 Å². The first-order valence-electron chi connectivity index (χ1n) is 9.12. The largest absolute Gasteiger partial charge is 0.387 e. The van der Waals surface area contributed by atoms with E-state index in [1.54, 1.807) is 37.3 Å². The number of sulfone groups is 2. The monoisotopic (exact) mass is 442 g/mol. The van der Waals surface area contributed by atoms with Crippen LogP contribution in [0.4, 0.5) is 0 Å². The Morgan fingerprint density at radius 3 is 2.27 bits per heavy atom. The lowest BCUT2D eigenvalue weighted by Crippen LogP contribution is -2.18. The highest BCUT2D eigenvalue weighted by Gasteiger charge is 2.42. The van der Waals surface area contributed by atoms with Gasteiger partial charge in [0.25, 0.3) is 0 Å². The third kappa shape index (κ3) is 3.08. The predicted octanol–water partition coefficient (Wildman–Crippen LogP) is 2.93. The van der Waals surface area contributed by atoms with Crippen LogP contribution in [0.3, 0.4) is 0 Å². The average molecular weight is 443 g/mol. The number of ketones is 1. The number of rotatable bonds is 3. The molecule has 0 bridgehead atoms. The standard InChI is InChI=1S/C22H18O6S2/c1-14(10-12-19-21(23)15-6-2-4-8-17(15)29(19,25)26)11-13-20-22(24)16-7-3-5-9-18(16)30(20,27)28/h2-13,19,21,23H,1H3/b12-10+,14-11+,20-13-. The van der Waals surface area contributed by atoms with Gasteiger partial charge in [0.1, 0.15) is 16.3 Å². The molecule has 2 heterocycles. The van der Waals surface area contributed by atoms with E-state index in [-0.39, 0.29) is 20.3 Å². The Bertz CT molecular complexity index is 1360. The molecule has 6 nitrogen and oxygen atoms in total. The fourth-order valence-corrected chi connectivity index (χ4v) is 7.02. The second-order valence-corrected chi connectivity index (χ2v) is 11.1. The van der Waals surface area contributed by atoms with Crippen molar-refractivity contribution in [3.63, 3.8) is 0 Å². The van der Waals surface area contributed by atoms with Crippen LogP contribution in [0, 0.1) is 0 Å². The Morgan fingerprint density at radius 2 is 1.60 bits per heavy atom. The summed E-state index contributed by atoms with van der Waals surface area (Å²) < 4.78 is 50.5. The zero-order valence-corrected chi connectivity index (χ0v) is 17.5. The first-order chi connectivity index (χ1) is 14.2. The molecular formula is C22H18O6S2. The van der Waals surface area contributed by atoms with E-state index in [1.807, 2.05) is 0 Å². The van der Waals surface area contributed by atoms with Crippen LogP contribution in [-0.4, -0.2) is 33.0 Å².